The first-order valence-corrected chi connectivity index (χ1v) is 7.95. The Hall–Kier alpha value is -1.59. The minimum absolute atomic E-state index is 0.00936. The van der Waals surface area contributed by atoms with Gasteiger partial charge in [0.05, 0.1) is 12.7 Å². The number of urea groups is 1. The van der Waals surface area contributed by atoms with Gasteiger partial charge in [-0.25, -0.2) is 4.79 Å². The van der Waals surface area contributed by atoms with Gasteiger partial charge in [-0.2, -0.15) is 0 Å². The zero-order valence-corrected chi connectivity index (χ0v) is 13.8. The van der Waals surface area contributed by atoms with Gasteiger partial charge < -0.3 is 15.0 Å². The third-order valence-corrected chi connectivity index (χ3v) is 4.10. The molecule has 1 aromatic rings. The number of carbonyl (C=O) groups is 1. The van der Waals surface area contributed by atoms with Crippen molar-refractivity contribution in [3.05, 3.63) is 35.9 Å². The SMILES string of the molecule is C[C@H](CNC(=O)N1CCO[C@@H](C)C1)N(C)Cc1ccccc1. The highest BCUT2D eigenvalue weighted by atomic mass is 16.5. The number of hydrogen-bond acceptors (Lipinski definition) is 3. The first-order valence-electron chi connectivity index (χ1n) is 7.95. The van der Waals surface area contributed by atoms with E-state index in [1.807, 2.05) is 17.9 Å². The topological polar surface area (TPSA) is 44.8 Å². The van der Waals surface area contributed by atoms with Crippen LogP contribution < -0.4 is 5.32 Å². The molecule has 5 heteroatoms. The van der Waals surface area contributed by atoms with E-state index < -0.39 is 0 Å². The van der Waals surface area contributed by atoms with Crippen LogP contribution >= 0.6 is 0 Å². The van der Waals surface area contributed by atoms with Crippen LogP contribution in [0.2, 0.25) is 0 Å². The molecule has 1 aliphatic rings. The summed E-state index contributed by atoms with van der Waals surface area (Å²) in [7, 11) is 2.08. The van der Waals surface area contributed by atoms with E-state index in [2.05, 4.69) is 48.5 Å². The fraction of sp³-hybridized carbons (Fsp3) is 0.588. The first-order chi connectivity index (χ1) is 10.6. The minimum atomic E-state index is 0.00936. The molecule has 0 spiro atoms. The Morgan fingerprint density at radius 3 is 2.86 bits per heavy atom. The smallest absolute Gasteiger partial charge is 0.317 e. The van der Waals surface area contributed by atoms with E-state index in [-0.39, 0.29) is 18.2 Å². The molecule has 122 valence electrons. The number of hydrogen-bond donors (Lipinski definition) is 1. The molecule has 1 fully saturated rings. The van der Waals surface area contributed by atoms with Crippen molar-refractivity contribution in [3.63, 3.8) is 0 Å². The molecule has 0 radical (unpaired) electrons. The Labute approximate surface area is 133 Å². The Balaban J connectivity index is 1.74. The van der Waals surface area contributed by atoms with Gasteiger partial charge >= 0.3 is 6.03 Å². The maximum atomic E-state index is 12.2. The number of nitrogens with zero attached hydrogens (tertiary/aromatic N) is 2. The van der Waals surface area contributed by atoms with Crippen LogP contribution in [0.25, 0.3) is 0 Å². The molecule has 2 rings (SSSR count). The molecule has 0 bridgehead atoms. The second kappa shape index (κ2) is 8.15. The Morgan fingerprint density at radius 2 is 2.18 bits per heavy atom. The summed E-state index contributed by atoms with van der Waals surface area (Å²) in [5.41, 5.74) is 1.28. The normalized spacial score (nSPS) is 20.0. The van der Waals surface area contributed by atoms with Crippen LogP contribution in [0, 0.1) is 0 Å². The largest absolute Gasteiger partial charge is 0.375 e. The summed E-state index contributed by atoms with van der Waals surface area (Å²) in [5.74, 6) is 0. The van der Waals surface area contributed by atoms with Gasteiger partial charge in [-0.1, -0.05) is 30.3 Å². The highest BCUT2D eigenvalue weighted by molar-refractivity contribution is 5.74. The van der Waals surface area contributed by atoms with Gasteiger partial charge in [-0.3, -0.25) is 4.90 Å². The maximum absolute atomic E-state index is 12.2. The average Bonchev–Trinajstić information content (AvgIpc) is 2.53. The van der Waals surface area contributed by atoms with Gasteiger partial charge in [0.15, 0.2) is 0 Å². The molecule has 1 saturated heterocycles. The lowest BCUT2D eigenvalue weighted by Gasteiger charge is -2.32. The summed E-state index contributed by atoms with van der Waals surface area (Å²) < 4.78 is 5.46. The predicted octanol–water partition coefficient (Wildman–Crippen LogP) is 1.94. The van der Waals surface area contributed by atoms with Crippen LogP contribution in [0.15, 0.2) is 30.3 Å². The molecule has 2 amide bonds. The zero-order chi connectivity index (χ0) is 15.9. The Kier molecular flexibility index (Phi) is 6.21. The van der Waals surface area contributed by atoms with Crippen molar-refractivity contribution in [1.82, 2.24) is 15.1 Å². The van der Waals surface area contributed by atoms with Crippen LogP contribution in [0.5, 0.6) is 0 Å². The third-order valence-electron chi connectivity index (χ3n) is 4.10. The number of nitrogens with one attached hydrogen (secondary N) is 1. The number of likely N-dealkylation sites (N-methyl/N-ethyl adjacent to an activating group) is 1. The van der Waals surface area contributed by atoms with Crippen molar-refractivity contribution in [2.75, 3.05) is 33.3 Å². The van der Waals surface area contributed by atoms with E-state index in [1.54, 1.807) is 0 Å². The summed E-state index contributed by atoms with van der Waals surface area (Å²) in [6.45, 7) is 7.61. The Bertz CT molecular complexity index is 466. The van der Waals surface area contributed by atoms with Gasteiger partial charge in [-0.05, 0) is 26.5 Å². The number of carbonyl (C=O) groups excluding carboxylic acids is 1. The molecular formula is C17H27N3O2. The van der Waals surface area contributed by atoms with Crippen LogP contribution in [0.1, 0.15) is 19.4 Å². The number of amides is 2. The lowest BCUT2D eigenvalue weighted by atomic mass is 10.2. The van der Waals surface area contributed by atoms with Crippen molar-refractivity contribution < 1.29 is 9.53 Å². The van der Waals surface area contributed by atoms with E-state index in [1.165, 1.54) is 5.56 Å². The molecule has 0 unspecified atom stereocenters. The van der Waals surface area contributed by atoms with Crippen LogP contribution in [0.3, 0.4) is 0 Å². The van der Waals surface area contributed by atoms with E-state index >= 15 is 0 Å². The second-order valence-electron chi connectivity index (χ2n) is 6.06. The summed E-state index contributed by atoms with van der Waals surface area (Å²) >= 11 is 0. The summed E-state index contributed by atoms with van der Waals surface area (Å²) in [6, 6.07) is 10.7. The maximum Gasteiger partial charge on any atom is 0.317 e. The minimum Gasteiger partial charge on any atom is -0.375 e. The van der Waals surface area contributed by atoms with E-state index in [0.717, 1.165) is 6.54 Å². The molecule has 0 saturated carbocycles. The average molecular weight is 305 g/mol. The lowest BCUT2D eigenvalue weighted by molar-refractivity contribution is -0.00364. The van der Waals surface area contributed by atoms with Crippen LogP contribution in [0.4, 0.5) is 4.79 Å². The highest BCUT2D eigenvalue weighted by Gasteiger charge is 2.21. The van der Waals surface area contributed by atoms with Crippen molar-refractivity contribution in [3.8, 4) is 0 Å². The standard InChI is InChI=1S/C17H27N3O2/c1-14(19(3)13-16-7-5-4-6-8-16)11-18-17(21)20-9-10-22-15(2)12-20/h4-8,14-15H,9-13H2,1-3H3,(H,18,21)/t14-,15+/m1/s1. The third kappa shape index (κ3) is 5.00. The molecular weight excluding hydrogens is 278 g/mol. The molecule has 1 heterocycles. The van der Waals surface area contributed by atoms with Crippen molar-refractivity contribution in [2.24, 2.45) is 0 Å². The van der Waals surface area contributed by atoms with Crippen molar-refractivity contribution >= 4 is 6.03 Å². The van der Waals surface area contributed by atoms with Crippen molar-refractivity contribution in [2.45, 2.75) is 32.5 Å². The molecule has 0 aromatic heterocycles. The van der Waals surface area contributed by atoms with E-state index in [4.69, 9.17) is 4.74 Å². The fourth-order valence-corrected chi connectivity index (χ4v) is 2.53. The monoisotopic (exact) mass is 305 g/mol. The Morgan fingerprint density at radius 1 is 1.45 bits per heavy atom. The van der Waals surface area contributed by atoms with Gasteiger partial charge in [0.25, 0.3) is 0 Å². The fourth-order valence-electron chi connectivity index (χ4n) is 2.53. The van der Waals surface area contributed by atoms with Gasteiger partial charge in [0, 0.05) is 32.2 Å². The van der Waals surface area contributed by atoms with E-state index in [9.17, 15) is 4.79 Å². The molecule has 1 aliphatic heterocycles. The first kappa shape index (κ1) is 16.8. The van der Waals surface area contributed by atoms with E-state index in [0.29, 0.717) is 26.2 Å². The van der Waals surface area contributed by atoms with Gasteiger partial charge in [-0.15, -0.1) is 0 Å². The zero-order valence-electron chi connectivity index (χ0n) is 13.8. The van der Waals surface area contributed by atoms with Crippen LogP contribution in [-0.4, -0.2) is 61.3 Å². The molecule has 2 atom stereocenters. The van der Waals surface area contributed by atoms with Gasteiger partial charge in [0.1, 0.15) is 0 Å². The van der Waals surface area contributed by atoms with Crippen molar-refractivity contribution in [1.29, 1.82) is 0 Å². The van der Waals surface area contributed by atoms with Crippen LogP contribution in [-0.2, 0) is 11.3 Å². The lowest BCUT2D eigenvalue weighted by Crippen LogP contribution is -2.51. The molecule has 1 N–H and O–H groups in total. The molecule has 1 aromatic carbocycles. The number of benzene rings is 1. The second-order valence-corrected chi connectivity index (χ2v) is 6.06. The quantitative estimate of drug-likeness (QED) is 0.904. The van der Waals surface area contributed by atoms with Gasteiger partial charge in [0.2, 0.25) is 0 Å². The summed E-state index contributed by atoms with van der Waals surface area (Å²) in [4.78, 5) is 16.2. The summed E-state index contributed by atoms with van der Waals surface area (Å²) in [6.07, 6.45) is 0.123. The molecule has 0 aliphatic carbocycles. The number of rotatable bonds is 5. The predicted molar refractivity (Wildman–Crippen MR) is 87.8 cm³/mol. The summed E-state index contributed by atoms with van der Waals surface area (Å²) in [5, 5.41) is 3.03. The highest BCUT2D eigenvalue weighted by Crippen LogP contribution is 2.07. The number of morpholine rings is 1. The molecule has 22 heavy (non-hydrogen) atoms. The molecule has 5 nitrogen and oxygen atoms in total. The number of ether oxygens (including phenoxy) is 1.